The number of carboxylic acid groups (broad SMARTS) is 1. The molecule has 208 valence electrons. The van der Waals surface area contributed by atoms with Gasteiger partial charge in [0.25, 0.3) is 5.91 Å². The molecule has 2 saturated heterocycles. The molecule has 0 unspecified atom stereocenters. The first kappa shape index (κ1) is 27.0. The number of aromatic nitrogens is 2. The summed E-state index contributed by atoms with van der Waals surface area (Å²) >= 11 is 6.85. The van der Waals surface area contributed by atoms with Crippen LogP contribution in [-0.4, -0.2) is 85.4 Å². The number of fused-ring (bicyclic) bond motifs is 1. The van der Waals surface area contributed by atoms with Gasteiger partial charge in [-0.1, -0.05) is 36.1 Å². The van der Waals surface area contributed by atoms with Crippen molar-refractivity contribution in [1.29, 1.82) is 0 Å². The standard InChI is InChI=1S/C30H27N5O4S2/c36-26-18-22(5-6-23(26)29(38)39)34-13-10-33(11-14-34)12-15-35-28(37)27(41-30(35)40)17-21-2-1-3-25(32-21)19-4-7-24-20(16-19)8-9-31-24/h1-9,16-18,31,36H,10-15H2,(H,38,39). The lowest BCUT2D eigenvalue weighted by Gasteiger charge is -2.36. The fraction of sp³-hybridized carbons (Fsp3) is 0.200. The number of nitrogens with one attached hydrogen (secondary N) is 1. The van der Waals surface area contributed by atoms with E-state index in [0.29, 0.717) is 28.0 Å². The number of benzene rings is 2. The summed E-state index contributed by atoms with van der Waals surface area (Å²) in [7, 11) is 0. The first-order valence-electron chi connectivity index (χ1n) is 13.2. The van der Waals surface area contributed by atoms with Gasteiger partial charge in [0, 0.05) is 73.7 Å². The zero-order valence-corrected chi connectivity index (χ0v) is 23.6. The minimum absolute atomic E-state index is 0.103. The van der Waals surface area contributed by atoms with Crippen molar-refractivity contribution in [3.05, 3.63) is 83.0 Å². The highest BCUT2D eigenvalue weighted by atomic mass is 32.2. The van der Waals surface area contributed by atoms with E-state index < -0.39 is 5.97 Å². The number of piperazine rings is 1. The Morgan fingerprint density at radius 1 is 1.05 bits per heavy atom. The summed E-state index contributed by atoms with van der Waals surface area (Å²) in [5.74, 6) is -1.49. The van der Waals surface area contributed by atoms with Crippen molar-refractivity contribution in [2.45, 2.75) is 0 Å². The molecule has 0 radical (unpaired) electrons. The van der Waals surface area contributed by atoms with Crippen LogP contribution in [-0.2, 0) is 4.79 Å². The minimum Gasteiger partial charge on any atom is -0.507 e. The normalized spacial score (nSPS) is 17.2. The number of aromatic amines is 1. The van der Waals surface area contributed by atoms with Crippen molar-refractivity contribution in [2.24, 2.45) is 0 Å². The van der Waals surface area contributed by atoms with Crippen molar-refractivity contribution in [3.8, 4) is 17.0 Å². The smallest absolute Gasteiger partial charge is 0.339 e. The molecule has 0 bridgehead atoms. The van der Waals surface area contributed by atoms with Crippen LogP contribution in [0.1, 0.15) is 16.1 Å². The van der Waals surface area contributed by atoms with Crippen LogP contribution in [0.5, 0.6) is 5.75 Å². The molecule has 0 saturated carbocycles. The fourth-order valence-electron chi connectivity index (χ4n) is 5.10. The van der Waals surface area contributed by atoms with E-state index in [1.165, 1.54) is 23.9 Å². The minimum atomic E-state index is -1.15. The van der Waals surface area contributed by atoms with Gasteiger partial charge in [0.15, 0.2) is 0 Å². The molecular formula is C30H27N5O4S2. The summed E-state index contributed by atoms with van der Waals surface area (Å²) in [5, 5.41) is 20.3. The topological polar surface area (TPSA) is 113 Å². The number of carboxylic acids is 1. The molecule has 9 nitrogen and oxygen atoms in total. The van der Waals surface area contributed by atoms with E-state index in [1.54, 1.807) is 17.0 Å². The highest BCUT2D eigenvalue weighted by molar-refractivity contribution is 8.26. The molecule has 2 aromatic carbocycles. The summed E-state index contributed by atoms with van der Waals surface area (Å²) in [4.78, 5) is 39.0. The third-order valence-corrected chi connectivity index (χ3v) is 8.74. The molecule has 4 heterocycles. The highest BCUT2D eigenvalue weighted by Crippen LogP contribution is 2.33. The lowest BCUT2D eigenvalue weighted by Crippen LogP contribution is -2.48. The molecule has 1 amide bonds. The van der Waals surface area contributed by atoms with E-state index >= 15 is 0 Å². The molecule has 4 aromatic rings. The summed E-state index contributed by atoms with van der Waals surface area (Å²) in [6.07, 6.45) is 3.72. The predicted molar refractivity (Wildman–Crippen MR) is 165 cm³/mol. The van der Waals surface area contributed by atoms with E-state index in [2.05, 4.69) is 20.9 Å². The van der Waals surface area contributed by atoms with E-state index in [0.717, 1.165) is 54.0 Å². The summed E-state index contributed by atoms with van der Waals surface area (Å²) < 4.78 is 0.544. The van der Waals surface area contributed by atoms with Crippen molar-refractivity contribution in [1.82, 2.24) is 19.8 Å². The Bertz CT molecular complexity index is 1690. The van der Waals surface area contributed by atoms with Crippen LogP contribution in [0.25, 0.3) is 28.2 Å². The monoisotopic (exact) mass is 585 g/mol. The summed E-state index contributed by atoms with van der Waals surface area (Å²) in [5.41, 5.74) is 4.30. The molecule has 0 aliphatic carbocycles. The fourth-order valence-corrected chi connectivity index (χ4v) is 6.39. The second kappa shape index (κ2) is 11.4. The zero-order valence-electron chi connectivity index (χ0n) is 22.0. The molecule has 2 aliphatic rings. The van der Waals surface area contributed by atoms with E-state index in [9.17, 15) is 14.7 Å². The van der Waals surface area contributed by atoms with Gasteiger partial charge in [0.1, 0.15) is 15.6 Å². The number of hydrogen-bond acceptors (Lipinski definition) is 8. The number of nitrogens with zero attached hydrogens (tertiary/aromatic N) is 4. The van der Waals surface area contributed by atoms with Crippen LogP contribution in [0.3, 0.4) is 0 Å². The summed E-state index contributed by atoms with van der Waals surface area (Å²) in [6.45, 7) is 4.19. The Labute approximate surface area is 246 Å². The number of aromatic carboxylic acids is 1. The van der Waals surface area contributed by atoms with E-state index in [4.69, 9.17) is 22.3 Å². The average Bonchev–Trinajstić information content (AvgIpc) is 3.55. The molecule has 2 aromatic heterocycles. The van der Waals surface area contributed by atoms with E-state index in [1.807, 2.05) is 42.6 Å². The van der Waals surface area contributed by atoms with Gasteiger partial charge in [-0.2, -0.15) is 0 Å². The maximum Gasteiger partial charge on any atom is 0.339 e. The molecule has 2 fully saturated rings. The Morgan fingerprint density at radius 3 is 2.66 bits per heavy atom. The maximum absolute atomic E-state index is 13.2. The molecule has 6 rings (SSSR count). The quantitative estimate of drug-likeness (QED) is 0.211. The number of thiocarbonyl (C=S) groups is 1. The van der Waals surface area contributed by atoms with Gasteiger partial charge in [-0.15, -0.1) is 0 Å². The first-order valence-corrected chi connectivity index (χ1v) is 14.4. The largest absolute Gasteiger partial charge is 0.507 e. The molecule has 3 N–H and O–H groups in total. The number of H-pyrrole nitrogens is 1. The number of pyridine rings is 1. The van der Waals surface area contributed by atoms with Gasteiger partial charge in [-0.3, -0.25) is 14.6 Å². The Kier molecular flexibility index (Phi) is 7.48. The number of carbonyl (C=O) groups excluding carboxylic acids is 1. The molecule has 41 heavy (non-hydrogen) atoms. The lowest BCUT2D eigenvalue weighted by atomic mass is 10.1. The SMILES string of the molecule is O=C(O)c1ccc(N2CCN(CCN3C(=O)C(=Cc4cccc(-c5ccc6[nH]ccc6c5)n4)SC3=S)CC2)cc1O. The Hall–Kier alpha value is -4.19. The van der Waals surface area contributed by atoms with Gasteiger partial charge >= 0.3 is 5.97 Å². The number of hydrogen-bond donors (Lipinski definition) is 3. The number of phenols is 1. The van der Waals surface area contributed by atoms with E-state index in [-0.39, 0.29) is 17.2 Å². The van der Waals surface area contributed by atoms with Crippen molar-refractivity contribution in [2.75, 3.05) is 44.2 Å². The molecule has 11 heteroatoms. The van der Waals surface area contributed by atoms with Crippen LogP contribution in [0.2, 0.25) is 0 Å². The number of amides is 1. The van der Waals surface area contributed by atoms with Crippen LogP contribution in [0.4, 0.5) is 5.69 Å². The van der Waals surface area contributed by atoms with Gasteiger partial charge in [-0.25, -0.2) is 9.78 Å². The van der Waals surface area contributed by atoms with Gasteiger partial charge in [-0.05, 0) is 48.5 Å². The molecule has 0 spiro atoms. The maximum atomic E-state index is 13.2. The molecule has 0 atom stereocenters. The third-order valence-electron chi connectivity index (χ3n) is 7.36. The number of carbonyl (C=O) groups is 2. The van der Waals surface area contributed by atoms with Crippen LogP contribution >= 0.6 is 24.0 Å². The van der Waals surface area contributed by atoms with Crippen molar-refractivity contribution >= 4 is 62.8 Å². The number of anilines is 1. The molecular weight excluding hydrogens is 558 g/mol. The van der Waals surface area contributed by atoms with Gasteiger partial charge in [0.05, 0.1) is 16.3 Å². The van der Waals surface area contributed by atoms with Gasteiger partial charge in [0.2, 0.25) is 0 Å². The average molecular weight is 586 g/mol. The third kappa shape index (κ3) is 5.69. The van der Waals surface area contributed by atoms with Crippen LogP contribution in [0.15, 0.2) is 71.8 Å². The summed E-state index contributed by atoms with van der Waals surface area (Å²) in [6, 6.07) is 18.6. The second-order valence-corrected chi connectivity index (χ2v) is 11.6. The first-order chi connectivity index (χ1) is 19.9. The van der Waals surface area contributed by atoms with Crippen molar-refractivity contribution in [3.63, 3.8) is 0 Å². The van der Waals surface area contributed by atoms with Crippen LogP contribution < -0.4 is 4.90 Å². The van der Waals surface area contributed by atoms with Crippen LogP contribution in [0, 0.1) is 0 Å². The Balaban J connectivity index is 1.06. The molecule has 2 aliphatic heterocycles. The number of rotatable bonds is 7. The lowest BCUT2D eigenvalue weighted by molar-refractivity contribution is -0.122. The number of aromatic hydroxyl groups is 1. The number of thioether (sulfide) groups is 1. The van der Waals surface area contributed by atoms with Crippen molar-refractivity contribution < 1.29 is 19.8 Å². The predicted octanol–water partition coefficient (Wildman–Crippen LogP) is 4.66. The highest BCUT2D eigenvalue weighted by Gasteiger charge is 2.32. The second-order valence-electron chi connectivity index (χ2n) is 9.90. The zero-order chi connectivity index (χ0) is 28.5. The van der Waals surface area contributed by atoms with Gasteiger partial charge < -0.3 is 20.1 Å². The Morgan fingerprint density at radius 2 is 1.88 bits per heavy atom.